The van der Waals surface area contributed by atoms with Gasteiger partial charge in [0.05, 0.1) is 37.5 Å². The molecule has 148 valence electrons. The van der Waals surface area contributed by atoms with Crippen molar-refractivity contribution in [3.05, 3.63) is 61.8 Å². The number of hydrogen-bond acceptors (Lipinski definition) is 4. The Balaban J connectivity index is 1.64. The molecule has 0 saturated heterocycles. The van der Waals surface area contributed by atoms with Crippen LogP contribution in [0.3, 0.4) is 0 Å². The van der Waals surface area contributed by atoms with Crippen LogP contribution in [0.4, 0.5) is 14.9 Å². The van der Waals surface area contributed by atoms with Crippen LogP contribution in [0, 0.1) is 5.82 Å². The number of aromatic amines is 1. The summed E-state index contributed by atoms with van der Waals surface area (Å²) in [5.41, 5.74) is 3.35. The summed E-state index contributed by atoms with van der Waals surface area (Å²) in [6.45, 7) is 1.38. The normalized spacial score (nSPS) is 18.2. The van der Waals surface area contributed by atoms with Gasteiger partial charge in [0.15, 0.2) is 0 Å². The van der Waals surface area contributed by atoms with E-state index in [1.165, 1.54) is 23.1 Å². The summed E-state index contributed by atoms with van der Waals surface area (Å²) >= 11 is 5.78. The zero-order valence-electron chi connectivity index (χ0n) is 15.2. The minimum Gasteiger partial charge on any atom is -0.376 e. The van der Waals surface area contributed by atoms with E-state index in [1.54, 1.807) is 7.05 Å². The first kappa shape index (κ1) is 18.9. The van der Waals surface area contributed by atoms with Crippen molar-refractivity contribution in [2.45, 2.75) is 25.7 Å². The number of nitrogens with zero attached hydrogens (tertiary/aromatic N) is 1. The van der Waals surface area contributed by atoms with Gasteiger partial charge in [0.2, 0.25) is 0 Å². The Labute approximate surface area is 165 Å². The van der Waals surface area contributed by atoms with Crippen molar-refractivity contribution in [3.8, 4) is 0 Å². The van der Waals surface area contributed by atoms with E-state index in [0.29, 0.717) is 36.6 Å². The fraction of sp³-hybridized carbons (Fsp3) is 0.368. The van der Waals surface area contributed by atoms with Crippen molar-refractivity contribution in [1.29, 1.82) is 0 Å². The first-order valence-corrected chi connectivity index (χ1v) is 9.24. The highest BCUT2D eigenvalue weighted by Gasteiger charge is 2.33. The molecular weight excluding hydrogens is 389 g/mol. The number of carbonyl (C=O) groups is 1. The molecule has 28 heavy (non-hydrogen) atoms. The van der Waals surface area contributed by atoms with E-state index < -0.39 is 11.8 Å². The summed E-state index contributed by atoms with van der Waals surface area (Å²) in [7, 11) is 1.65. The van der Waals surface area contributed by atoms with Crippen LogP contribution in [0.1, 0.15) is 28.4 Å². The summed E-state index contributed by atoms with van der Waals surface area (Å²) in [6, 6.07) is 3.22. The molecule has 0 saturated carbocycles. The molecule has 0 radical (unpaired) electrons. The van der Waals surface area contributed by atoms with Crippen LogP contribution in [0.15, 0.2) is 23.0 Å². The minimum atomic E-state index is -0.555. The van der Waals surface area contributed by atoms with Crippen molar-refractivity contribution in [2.75, 3.05) is 25.6 Å². The fourth-order valence-corrected chi connectivity index (χ4v) is 3.83. The average Bonchev–Trinajstić information content (AvgIpc) is 2.70. The van der Waals surface area contributed by atoms with E-state index in [-0.39, 0.29) is 29.8 Å². The lowest BCUT2D eigenvalue weighted by atomic mass is 9.91. The number of rotatable bonds is 2. The Kier molecular flexibility index (Phi) is 5.09. The number of fused-ring (bicyclic) bond motifs is 3. The molecule has 2 N–H and O–H groups in total. The number of hydrogen-bond donors (Lipinski definition) is 2. The smallest absolute Gasteiger partial charge is 0.322 e. The van der Waals surface area contributed by atoms with Crippen LogP contribution in [-0.4, -0.2) is 36.2 Å². The SMILES string of the molecule is CN(C(=O)Nc1ccc(F)c(Cl)c1)[C@H]1COCc2[nH]c(=O)c3c(c21)CCOC3. The highest BCUT2D eigenvalue weighted by Crippen LogP contribution is 2.33. The summed E-state index contributed by atoms with van der Waals surface area (Å²) in [6.07, 6.45) is 0.612. The zero-order valence-corrected chi connectivity index (χ0v) is 15.9. The van der Waals surface area contributed by atoms with Crippen molar-refractivity contribution in [3.63, 3.8) is 0 Å². The van der Waals surface area contributed by atoms with Gasteiger partial charge in [-0.3, -0.25) is 4.79 Å². The van der Waals surface area contributed by atoms with Gasteiger partial charge in [0, 0.05) is 29.6 Å². The molecule has 0 aliphatic carbocycles. The Morgan fingerprint density at radius 3 is 2.93 bits per heavy atom. The second-order valence-electron chi connectivity index (χ2n) is 6.81. The number of pyridine rings is 1. The van der Waals surface area contributed by atoms with Gasteiger partial charge < -0.3 is 24.7 Å². The fourth-order valence-electron chi connectivity index (χ4n) is 3.65. The predicted molar refractivity (Wildman–Crippen MR) is 101 cm³/mol. The number of nitrogens with one attached hydrogen (secondary N) is 2. The van der Waals surface area contributed by atoms with Crippen LogP contribution in [0.25, 0.3) is 0 Å². The van der Waals surface area contributed by atoms with Gasteiger partial charge in [-0.1, -0.05) is 11.6 Å². The highest BCUT2D eigenvalue weighted by atomic mass is 35.5. The van der Waals surface area contributed by atoms with Gasteiger partial charge in [-0.15, -0.1) is 0 Å². The Hall–Kier alpha value is -2.42. The third kappa shape index (κ3) is 3.39. The number of carbonyl (C=O) groups excluding carboxylic acids is 1. The summed E-state index contributed by atoms with van der Waals surface area (Å²) in [4.78, 5) is 29.5. The van der Waals surface area contributed by atoms with Gasteiger partial charge in [-0.2, -0.15) is 0 Å². The standard InChI is InChI=1S/C19H19ClFN3O4/c1-24(19(26)22-10-2-3-14(21)13(20)6-10)16-9-28-8-15-17(16)11-4-5-27-7-12(11)18(25)23-15/h2-3,6,16H,4-5,7-9H2,1H3,(H,22,26)(H,23,25)/t16-/m0/s1. The molecule has 1 atom stereocenters. The molecule has 1 aromatic heterocycles. The van der Waals surface area contributed by atoms with E-state index in [2.05, 4.69) is 10.3 Å². The number of ether oxygens (including phenoxy) is 2. The second kappa shape index (κ2) is 7.54. The van der Waals surface area contributed by atoms with Crippen LogP contribution in [0.5, 0.6) is 0 Å². The van der Waals surface area contributed by atoms with E-state index in [0.717, 1.165) is 11.1 Å². The molecule has 0 bridgehead atoms. The van der Waals surface area contributed by atoms with Gasteiger partial charge in [0.25, 0.3) is 5.56 Å². The molecule has 4 rings (SSSR count). The quantitative estimate of drug-likeness (QED) is 0.801. The van der Waals surface area contributed by atoms with Crippen molar-refractivity contribution in [2.24, 2.45) is 0 Å². The summed E-state index contributed by atoms with van der Waals surface area (Å²) in [5.74, 6) is -0.555. The van der Waals surface area contributed by atoms with Gasteiger partial charge in [-0.25, -0.2) is 9.18 Å². The number of amides is 2. The molecule has 3 heterocycles. The van der Waals surface area contributed by atoms with E-state index in [4.69, 9.17) is 21.1 Å². The topological polar surface area (TPSA) is 83.7 Å². The van der Waals surface area contributed by atoms with Crippen molar-refractivity contribution >= 4 is 23.3 Å². The van der Waals surface area contributed by atoms with Crippen LogP contribution in [0.2, 0.25) is 5.02 Å². The van der Waals surface area contributed by atoms with Gasteiger partial charge >= 0.3 is 6.03 Å². The average molecular weight is 408 g/mol. The highest BCUT2D eigenvalue weighted by molar-refractivity contribution is 6.31. The Bertz CT molecular complexity index is 994. The number of anilines is 1. The zero-order chi connectivity index (χ0) is 19.8. The maximum Gasteiger partial charge on any atom is 0.322 e. The number of urea groups is 1. The molecule has 0 spiro atoms. The molecule has 2 amide bonds. The maximum absolute atomic E-state index is 13.3. The largest absolute Gasteiger partial charge is 0.376 e. The monoisotopic (exact) mass is 407 g/mol. The first-order valence-electron chi connectivity index (χ1n) is 8.87. The van der Waals surface area contributed by atoms with Crippen LogP contribution >= 0.6 is 11.6 Å². The predicted octanol–water partition coefficient (Wildman–Crippen LogP) is 2.98. The maximum atomic E-state index is 13.3. The molecule has 0 fully saturated rings. The van der Waals surface area contributed by atoms with E-state index in [9.17, 15) is 14.0 Å². The van der Waals surface area contributed by atoms with Gasteiger partial charge in [0.1, 0.15) is 5.82 Å². The molecule has 1 aromatic carbocycles. The summed E-state index contributed by atoms with van der Waals surface area (Å²) < 4.78 is 24.4. The third-order valence-corrected chi connectivity index (χ3v) is 5.40. The lowest BCUT2D eigenvalue weighted by Crippen LogP contribution is -2.41. The van der Waals surface area contributed by atoms with Crippen molar-refractivity contribution in [1.82, 2.24) is 9.88 Å². The Morgan fingerprint density at radius 2 is 2.14 bits per heavy atom. The number of likely N-dealkylation sites (N-methyl/N-ethyl adjacent to an activating group) is 1. The third-order valence-electron chi connectivity index (χ3n) is 5.11. The first-order chi connectivity index (χ1) is 13.5. The minimum absolute atomic E-state index is 0.0709. The number of H-pyrrole nitrogens is 1. The molecule has 2 aromatic rings. The number of benzene rings is 1. The lowest BCUT2D eigenvalue weighted by Gasteiger charge is -2.35. The van der Waals surface area contributed by atoms with E-state index >= 15 is 0 Å². The number of aromatic nitrogens is 1. The molecule has 9 heteroatoms. The number of halogens is 2. The molecular formula is C19H19ClFN3O4. The van der Waals surface area contributed by atoms with Crippen LogP contribution in [-0.2, 0) is 29.1 Å². The van der Waals surface area contributed by atoms with Crippen molar-refractivity contribution < 1.29 is 18.7 Å². The van der Waals surface area contributed by atoms with Crippen LogP contribution < -0.4 is 10.9 Å². The second-order valence-corrected chi connectivity index (χ2v) is 7.21. The molecule has 2 aliphatic heterocycles. The molecule has 7 nitrogen and oxygen atoms in total. The molecule has 2 aliphatic rings. The van der Waals surface area contributed by atoms with E-state index in [1.807, 2.05) is 0 Å². The van der Waals surface area contributed by atoms with Gasteiger partial charge in [-0.05, 0) is 30.2 Å². The molecule has 0 unspecified atom stereocenters. The Morgan fingerprint density at radius 1 is 1.32 bits per heavy atom. The summed E-state index contributed by atoms with van der Waals surface area (Å²) in [5, 5.41) is 2.64. The lowest BCUT2D eigenvalue weighted by molar-refractivity contribution is 0.0491.